The quantitative estimate of drug-likeness (QED) is 0.510. The average molecular weight is 244 g/mol. The van der Waals surface area contributed by atoms with Crippen LogP contribution in [0.1, 0.15) is 11.1 Å². The smallest absolute Gasteiger partial charge is 0.0309 e. The van der Waals surface area contributed by atoms with E-state index in [0.29, 0.717) is 0 Å². The molecular formula is C17H12N2. The van der Waals surface area contributed by atoms with Gasteiger partial charge in [-0.15, -0.1) is 0 Å². The first-order valence-corrected chi connectivity index (χ1v) is 6.38. The third-order valence-electron chi connectivity index (χ3n) is 3.69. The highest BCUT2D eigenvalue weighted by atomic mass is 14.6. The molecule has 19 heavy (non-hydrogen) atoms. The maximum absolute atomic E-state index is 4.21. The van der Waals surface area contributed by atoms with Gasteiger partial charge in [0.2, 0.25) is 0 Å². The minimum atomic E-state index is 0.984. The minimum absolute atomic E-state index is 0.984. The number of hydrogen-bond donors (Lipinski definition) is 0. The van der Waals surface area contributed by atoms with E-state index in [1.54, 1.807) is 0 Å². The summed E-state index contributed by atoms with van der Waals surface area (Å²) in [5.41, 5.74) is 7.84. The lowest BCUT2D eigenvalue weighted by Gasteiger charge is -2.05. The van der Waals surface area contributed by atoms with E-state index in [-0.39, 0.29) is 0 Å². The molecule has 0 saturated carbocycles. The van der Waals surface area contributed by atoms with Crippen molar-refractivity contribution in [3.8, 4) is 22.3 Å². The maximum atomic E-state index is 4.21. The Morgan fingerprint density at radius 1 is 0.684 bits per heavy atom. The van der Waals surface area contributed by atoms with E-state index in [0.717, 1.165) is 6.42 Å². The highest BCUT2D eigenvalue weighted by Crippen LogP contribution is 2.37. The average Bonchev–Trinajstić information content (AvgIpc) is 2.86. The van der Waals surface area contributed by atoms with Gasteiger partial charge in [0.1, 0.15) is 0 Å². The maximum Gasteiger partial charge on any atom is 0.0309 e. The Balaban J connectivity index is 1.84. The van der Waals surface area contributed by atoms with E-state index in [2.05, 4.69) is 34.2 Å². The van der Waals surface area contributed by atoms with Gasteiger partial charge in [-0.3, -0.25) is 9.97 Å². The van der Waals surface area contributed by atoms with Crippen molar-refractivity contribution in [3.05, 3.63) is 72.3 Å². The zero-order chi connectivity index (χ0) is 12.7. The third-order valence-corrected chi connectivity index (χ3v) is 3.69. The third kappa shape index (κ3) is 1.65. The van der Waals surface area contributed by atoms with E-state index in [1.165, 1.54) is 33.4 Å². The number of nitrogens with zero attached hydrogens (tertiary/aromatic N) is 2. The molecule has 2 heterocycles. The van der Waals surface area contributed by atoms with E-state index < -0.39 is 0 Å². The Morgan fingerprint density at radius 3 is 2.37 bits per heavy atom. The second-order valence-corrected chi connectivity index (χ2v) is 4.82. The zero-order valence-electron chi connectivity index (χ0n) is 10.4. The highest BCUT2D eigenvalue weighted by molar-refractivity contribution is 5.79. The van der Waals surface area contributed by atoms with E-state index in [1.807, 2.05) is 36.9 Å². The lowest BCUT2D eigenvalue weighted by Crippen LogP contribution is -1.84. The molecule has 0 N–H and O–H groups in total. The number of hydrogen-bond acceptors (Lipinski definition) is 2. The summed E-state index contributed by atoms with van der Waals surface area (Å²) in [5.74, 6) is 0. The summed E-state index contributed by atoms with van der Waals surface area (Å²) in [6, 6.07) is 12.9. The molecule has 2 nitrogen and oxygen atoms in total. The topological polar surface area (TPSA) is 25.8 Å². The molecule has 1 aliphatic carbocycles. The van der Waals surface area contributed by atoms with E-state index in [4.69, 9.17) is 0 Å². The summed E-state index contributed by atoms with van der Waals surface area (Å²) >= 11 is 0. The number of aromatic nitrogens is 2. The Labute approximate surface area is 111 Å². The first-order chi connectivity index (χ1) is 9.42. The largest absolute Gasteiger partial charge is 0.265 e. The summed E-state index contributed by atoms with van der Waals surface area (Å²) in [7, 11) is 0. The van der Waals surface area contributed by atoms with Gasteiger partial charge in [-0.1, -0.05) is 18.2 Å². The first-order valence-electron chi connectivity index (χ1n) is 6.38. The Hall–Kier alpha value is -2.48. The first kappa shape index (κ1) is 10.4. The van der Waals surface area contributed by atoms with Crippen molar-refractivity contribution in [3.63, 3.8) is 0 Å². The van der Waals surface area contributed by atoms with Crippen molar-refractivity contribution in [1.29, 1.82) is 0 Å². The molecular weight excluding hydrogens is 232 g/mol. The van der Waals surface area contributed by atoms with Crippen molar-refractivity contribution in [2.75, 3.05) is 0 Å². The molecule has 0 fully saturated rings. The van der Waals surface area contributed by atoms with Crippen LogP contribution in [0.4, 0.5) is 0 Å². The molecule has 2 heteroatoms. The van der Waals surface area contributed by atoms with Crippen molar-refractivity contribution in [2.45, 2.75) is 6.42 Å². The molecule has 0 aliphatic heterocycles. The fraction of sp³-hybridized carbons (Fsp3) is 0.0588. The molecule has 90 valence electrons. The van der Waals surface area contributed by atoms with Crippen LogP contribution < -0.4 is 0 Å². The molecule has 2 aromatic heterocycles. The molecule has 1 aromatic carbocycles. The van der Waals surface area contributed by atoms with Crippen LogP contribution >= 0.6 is 0 Å². The fourth-order valence-electron chi connectivity index (χ4n) is 2.76. The van der Waals surface area contributed by atoms with Gasteiger partial charge < -0.3 is 0 Å². The summed E-state index contributed by atoms with van der Waals surface area (Å²) in [4.78, 5) is 8.28. The predicted molar refractivity (Wildman–Crippen MR) is 75.7 cm³/mol. The number of rotatable bonds is 1. The van der Waals surface area contributed by atoms with Gasteiger partial charge in [0, 0.05) is 31.2 Å². The molecule has 0 unspecified atom stereocenters. The number of fused-ring (bicyclic) bond motifs is 3. The van der Waals surface area contributed by atoms with Crippen LogP contribution in [0.15, 0.2) is 61.2 Å². The molecule has 3 aromatic rings. The summed E-state index contributed by atoms with van der Waals surface area (Å²) in [5, 5.41) is 0. The van der Waals surface area contributed by atoms with Gasteiger partial charge in [-0.2, -0.15) is 0 Å². The normalized spacial score (nSPS) is 12.0. The van der Waals surface area contributed by atoms with Crippen LogP contribution in [0.25, 0.3) is 22.3 Å². The van der Waals surface area contributed by atoms with Gasteiger partial charge in [0.15, 0.2) is 0 Å². The highest BCUT2D eigenvalue weighted by Gasteiger charge is 2.18. The molecule has 0 bridgehead atoms. The molecule has 0 amide bonds. The van der Waals surface area contributed by atoms with Crippen LogP contribution in [0.2, 0.25) is 0 Å². The van der Waals surface area contributed by atoms with E-state index in [9.17, 15) is 0 Å². The van der Waals surface area contributed by atoms with Crippen LogP contribution in [0, 0.1) is 0 Å². The van der Waals surface area contributed by atoms with Crippen molar-refractivity contribution in [1.82, 2.24) is 9.97 Å². The summed E-state index contributed by atoms with van der Waals surface area (Å²) in [6.07, 6.45) is 8.49. The van der Waals surface area contributed by atoms with Crippen LogP contribution in [0.3, 0.4) is 0 Å². The predicted octanol–water partition coefficient (Wildman–Crippen LogP) is 3.71. The molecule has 1 aliphatic rings. The summed E-state index contributed by atoms with van der Waals surface area (Å²) < 4.78 is 0. The second-order valence-electron chi connectivity index (χ2n) is 4.82. The van der Waals surface area contributed by atoms with Gasteiger partial charge in [0.05, 0.1) is 0 Å². The Kier molecular flexibility index (Phi) is 2.21. The van der Waals surface area contributed by atoms with Gasteiger partial charge >= 0.3 is 0 Å². The lowest BCUT2D eigenvalue weighted by molar-refractivity contribution is 1.20. The molecule has 0 atom stereocenters. The molecule has 0 spiro atoms. The van der Waals surface area contributed by atoms with Crippen LogP contribution in [-0.2, 0) is 6.42 Å². The Morgan fingerprint density at radius 2 is 1.47 bits per heavy atom. The molecule has 0 saturated heterocycles. The van der Waals surface area contributed by atoms with Gasteiger partial charge in [-0.05, 0) is 51.6 Å². The number of benzene rings is 1. The zero-order valence-corrected chi connectivity index (χ0v) is 10.4. The lowest BCUT2D eigenvalue weighted by atomic mass is 10.00. The van der Waals surface area contributed by atoms with Gasteiger partial charge in [-0.25, -0.2) is 0 Å². The minimum Gasteiger partial charge on any atom is -0.265 e. The molecule has 4 rings (SSSR count). The van der Waals surface area contributed by atoms with E-state index >= 15 is 0 Å². The van der Waals surface area contributed by atoms with Gasteiger partial charge in [0.25, 0.3) is 0 Å². The SMILES string of the molecule is c1cc(-c2ccc3c(c2)Cc2cnccc2-3)ccn1. The van der Waals surface area contributed by atoms with Crippen molar-refractivity contribution >= 4 is 0 Å². The number of pyridine rings is 2. The fourth-order valence-corrected chi connectivity index (χ4v) is 2.76. The second kappa shape index (κ2) is 4.02. The van der Waals surface area contributed by atoms with Crippen molar-refractivity contribution in [2.24, 2.45) is 0 Å². The van der Waals surface area contributed by atoms with Crippen molar-refractivity contribution < 1.29 is 0 Å². The standard InChI is InChI=1S/C17H12N2/c1-2-16-14(10-15-11-19-8-5-17(15)16)9-13(1)12-3-6-18-7-4-12/h1-9,11H,10H2. The van der Waals surface area contributed by atoms with Crippen LogP contribution in [0.5, 0.6) is 0 Å². The van der Waals surface area contributed by atoms with Crippen LogP contribution in [-0.4, -0.2) is 9.97 Å². The monoisotopic (exact) mass is 244 g/mol. The molecule has 0 radical (unpaired) electrons. The summed E-state index contributed by atoms with van der Waals surface area (Å²) in [6.45, 7) is 0. The Bertz CT molecular complexity index is 748.